The van der Waals surface area contributed by atoms with Crippen molar-refractivity contribution in [2.24, 2.45) is 5.92 Å². The van der Waals surface area contributed by atoms with Crippen molar-refractivity contribution >= 4 is 18.4 Å². The smallest absolute Gasteiger partial charge is 0.312 e. The summed E-state index contributed by atoms with van der Waals surface area (Å²) in [5.41, 5.74) is 0. The average molecular weight is 216 g/mol. The molecule has 0 aliphatic carbocycles. The van der Waals surface area contributed by atoms with Crippen LogP contribution in [0.1, 0.15) is 6.42 Å². The predicted octanol–water partition coefficient (Wildman–Crippen LogP) is 1.08. The monoisotopic (exact) mass is 215 g/mol. The molecule has 78 valence electrons. The molecule has 0 spiro atoms. The molecule has 0 aromatic rings. The summed E-state index contributed by atoms with van der Waals surface area (Å²) < 4.78 is 24.0. The zero-order chi connectivity index (χ0) is 9.14. The van der Waals surface area contributed by atoms with Gasteiger partial charge in [0, 0.05) is 13.1 Å². The number of carboxylic acids is 1. The van der Waals surface area contributed by atoms with Crippen LogP contribution in [-0.4, -0.2) is 42.0 Å². The van der Waals surface area contributed by atoms with Crippen LogP contribution in [0.2, 0.25) is 0 Å². The van der Waals surface area contributed by atoms with E-state index in [0.29, 0.717) is 6.54 Å². The lowest BCUT2D eigenvalue weighted by Crippen LogP contribution is -2.24. The molecule has 1 aliphatic rings. The lowest BCUT2D eigenvalue weighted by molar-refractivity contribution is -0.147. The zero-order valence-electron chi connectivity index (χ0n) is 6.95. The molecule has 0 aromatic heterocycles. The molecule has 1 N–H and O–H groups in total. The molecule has 1 aliphatic heterocycles. The first-order chi connectivity index (χ1) is 5.61. The van der Waals surface area contributed by atoms with Gasteiger partial charge < -0.3 is 10.0 Å². The van der Waals surface area contributed by atoms with Gasteiger partial charge in [0.25, 0.3) is 6.43 Å². The van der Waals surface area contributed by atoms with Crippen molar-refractivity contribution in [1.29, 1.82) is 0 Å². The van der Waals surface area contributed by atoms with Crippen LogP contribution in [0.4, 0.5) is 8.78 Å². The number of alkyl halides is 2. The van der Waals surface area contributed by atoms with Gasteiger partial charge in [-0.15, -0.1) is 12.4 Å². The zero-order valence-corrected chi connectivity index (χ0v) is 7.77. The number of hydrogen-bond donors (Lipinski definition) is 1. The maximum atomic E-state index is 12.0. The molecule has 1 rings (SSSR count). The van der Waals surface area contributed by atoms with Crippen LogP contribution in [0.15, 0.2) is 0 Å². The van der Waals surface area contributed by atoms with Gasteiger partial charge in [0.1, 0.15) is 5.92 Å². The lowest BCUT2D eigenvalue weighted by atomic mass is 10.1. The van der Waals surface area contributed by atoms with E-state index < -0.39 is 18.3 Å². The molecular weight excluding hydrogens is 204 g/mol. The molecule has 0 bridgehead atoms. The summed E-state index contributed by atoms with van der Waals surface area (Å²) >= 11 is 0. The first kappa shape index (κ1) is 12.6. The first-order valence-corrected chi connectivity index (χ1v) is 3.84. The Morgan fingerprint density at radius 3 is 2.31 bits per heavy atom. The Labute approximate surface area is 81.1 Å². The van der Waals surface area contributed by atoms with Crippen LogP contribution in [0.25, 0.3) is 0 Å². The number of rotatable bonds is 5. The topological polar surface area (TPSA) is 40.3 Å². The minimum Gasteiger partial charge on any atom is -0.481 e. The molecule has 1 atom stereocenters. The SMILES string of the molecule is Cl.O=C(O)C(CCN1CC1)C(F)F. The molecule has 1 fully saturated rings. The van der Waals surface area contributed by atoms with Gasteiger partial charge in [0.2, 0.25) is 0 Å². The second kappa shape index (κ2) is 5.34. The van der Waals surface area contributed by atoms with Gasteiger partial charge in [-0.25, -0.2) is 8.78 Å². The van der Waals surface area contributed by atoms with E-state index in [1.165, 1.54) is 0 Å². The van der Waals surface area contributed by atoms with Gasteiger partial charge in [-0.05, 0) is 13.0 Å². The van der Waals surface area contributed by atoms with Crippen LogP contribution in [0.3, 0.4) is 0 Å². The normalized spacial score (nSPS) is 18.1. The highest BCUT2D eigenvalue weighted by Gasteiger charge is 2.29. The molecule has 0 radical (unpaired) electrons. The fourth-order valence-electron chi connectivity index (χ4n) is 0.973. The molecule has 1 unspecified atom stereocenters. The van der Waals surface area contributed by atoms with Gasteiger partial charge in [0.05, 0.1) is 0 Å². The van der Waals surface area contributed by atoms with Crippen molar-refractivity contribution in [2.75, 3.05) is 19.6 Å². The predicted molar refractivity (Wildman–Crippen MR) is 45.4 cm³/mol. The molecule has 0 aromatic carbocycles. The maximum Gasteiger partial charge on any atom is 0.312 e. The third-order valence-electron chi connectivity index (χ3n) is 1.92. The standard InChI is InChI=1S/C7H11F2NO2.ClH/c8-6(9)5(7(11)12)1-2-10-3-4-10;/h5-6H,1-4H2,(H,11,12);1H. The quantitative estimate of drug-likeness (QED) is 0.698. The summed E-state index contributed by atoms with van der Waals surface area (Å²) in [6.07, 6.45) is -2.70. The van der Waals surface area contributed by atoms with Crippen LogP contribution >= 0.6 is 12.4 Å². The van der Waals surface area contributed by atoms with Gasteiger partial charge in [0.15, 0.2) is 0 Å². The van der Waals surface area contributed by atoms with E-state index in [0.717, 1.165) is 13.1 Å². The van der Waals surface area contributed by atoms with E-state index in [2.05, 4.69) is 0 Å². The summed E-state index contributed by atoms with van der Waals surface area (Å²) in [5.74, 6) is -2.89. The van der Waals surface area contributed by atoms with Crippen molar-refractivity contribution in [2.45, 2.75) is 12.8 Å². The molecular formula is C7H12ClF2NO2. The Morgan fingerprint density at radius 2 is 2.00 bits per heavy atom. The Kier molecular flexibility index (Phi) is 5.17. The third-order valence-corrected chi connectivity index (χ3v) is 1.92. The van der Waals surface area contributed by atoms with Crippen LogP contribution in [0.5, 0.6) is 0 Å². The summed E-state index contributed by atoms with van der Waals surface area (Å²) in [6.45, 7) is 2.30. The number of carbonyl (C=O) groups is 1. The summed E-state index contributed by atoms with van der Waals surface area (Å²) in [4.78, 5) is 12.2. The van der Waals surface area contributed by atoms with Crippen molar-refractivity contribution in [1.82, 2.24) is 4.90 Å². The molecule has 0 saturated carbocycles. The second-order valence-electron chi connectivity index (χ2n) is 2.91. The molecule has 1 heterocycles. The highest BCUT2D eigenvalue weighted by Crippen LogP contribution is 2.16. The number of halogens is 3. The Bertz CT molecular complexity index is 176. The van der Waals surface area contributed by atoms with E-state index >= 15 is 0 Å². The van der Waals surface area contributed by atoms with Crippen LogP contribution in [0, 0.1) is 5.92 Å². The molecule has 13 heavy (non-hydrogen) atoms. The van der Waals surface area contributed by atoms with Gasteiger partial charge in [-0.3, -0.25) is 4.79 Å². The molecule has 3 nitrogen and oxygen atoms in total. The second-order valence-corrected chi connectivity index (χ2v) is 2.91. The van der Waals surface area contributed by atoms with Crippen molar-refractivity contribution in [3.05, 3.63) is 0 Å². The summed E-state index contributed by atoms with van der Waals surface area (Å²) in [6, 6.07) is 0. The Morgan fingerprint density at radius 1 is 1.46 bits per heavy atom. The minimum atomic E-state index is -2.75. The highest BCUT2D eigenvalue weighted by molar-refractivity contribution is 5.85. The number of nitrogens with zero attached hydrogens (tertiary/aromatic N) is 1. The van der Waals surface area contributed by atoms with Crippen molar-refractivity contribution in [3.63, 3.8) is 0 Å². The van der Waals surface area contributed by atoms with E-state index in [1.54, 1.807) is 0 Å². The van der Waals surface area contributed by atoms with Crippen molar-refractivity contribution < 1.29 is 18.7 Å². The number of aliphatic carboxylic acids is 1. The molecule has 0 amide bonds. The highest BCUT2D eigenvalue weighted by atomic mass is 35.5. The van der Waals surface area contributed by atoms with Gasteiger partial charge >= 0.3 is 5.97 Å². The lowest BCUT2D eigenvalue weighted by Gasteiger charge is -2.10. The summed E-state index contributed by atoms with van der Waals surface area (Å²) in [7, 11) is 0. The Hall–Kier alpha value is -0.420. The summed E-state index contributed by atoms with van der Waals surface area (Å²) in [5, 5.41) is 8.38. The number of hydrogen-bond acceptors (Lipinski definition) is 2. The number of carboxylic acid groups (broad SMARTS) is 1. The largest absolute Gasteiger partial charge is 0.481 e. The maximum absolute atomic E-state index is 12.0. The first-order valence-electron chi connectivity index (χ1n) is 3.84. The van der Waals surface area contributed by atoms with Gasteiger partial charge in [-0.1, -0.05) is 0 Å². The third kappa shape index (κ3) is 4.38. The van der Waals surface area contributed by atoms with Gasteiger partial charge in [-0.2, -0.15) is 0 Å². The fourth-order valence-corrected chi connectivity index (χ4v) is 0.973. The Balaban J connectivity index is 0.00000144. The fraction of sp³-hybridized carbons (Fsp3) is 0.857. The molecule has 1 saturated heterocycles. The average Bonchev–Trinajstić information content (AvgIpc) is 2.69. The van der Waals surface area contributed by atoms with Crippen LogP contribution < -0.4 is 0 Å². The van der Waals surface area contributed by atoms with E-state index in [-0.39, 0.29) is 18.8 Å². The van der Waals surface area contributed by atoms with Crippen molar-refractivity contribution in [3.8, 4) is 0 Å². The van der Waals surface area contributed by atoms with E-state index in [9.17, 15) is 13.6 Å². The molecule has 6 heteroatoms. The van der Waals surface area contributed by atoms with E-state index in [4.69, 9.17) is 5.11 Å². The van der Waals surface area contributed by atoms with E-state index in [1.807, 2.05) is 4.90 Å². The minimum absolute atomic E-state index is 0. The van der Waals surface area contributed by atoms with Crippen LogP contribution in [-0.2, 0) is 4.79 Å².